The third kappa shape index (κ3) is 3.06. The number of rotatable bonds is 2. The van der Waals surface area contributed by atoms with Crippen LogP contribution in [0.1, 0.15) is 17.5 Å². The molecule has 1 aromatic rings. The van der Waals surface area contributed by atoms with Crippen molar-refractivity contribution in [2.24, 2.45) is 0 Å². The first-order valence-electron chi connectivity index (χ1n) is 7.51. The number of hydrogen-bond donors (Lipinski definition) is 1. The highest BCUT2D eigenvalue weighted by molar-refractivity contribution is 5.76. The summed E-state index contributed by atoms with van der Waals surface area (Å²) in [6.07, 6.45) is 0.711. The van der Waals surface area contributed by atoms with E-state index in [1.807, 2.05) is 18.2 Å². The smallest absolute Gasteiger partial charge is 0.410 e. The zero-order chi connectivity index (χ0) is 15.5. The Morgan fingerprint density at radius 3 is 2.82 bits per heavy atom. The van der Waals surface area contributed by atoms with Gasteiger partial charge in [0, 0.05) is 26.1 Å². The minimum Gasteiger partial charge on any atom is -0.468 e. The number of methoxy groups -OCH3 is 1. The van der Waals surface area contributed by atoms with E-state index < -0.39 is 0 Å². The third-order valence-corrected chi connectivity index (χ3v) is 4.23. The van der Waals surface area contributed by atoms with Crippen molar-refractivity contribution in [3.63, 3.8) is 0 Å². The van der Waals surface area contributed by atoms with Gasteiger partial charge in [0.25, 0.3) is 0 Å². The van der Waals surface area contributed by atoms with Gasteiger partial charge >= 0.3 is 12.1 Å². The van der Waals surface area contributed by atoms with Gasteiger partial charge in [0.2, 0.25) is 0 Å². The minimum atomic E-state index is -0.384. The van der Waals surface area contributed by atoms with E-state index in [4.69, 9.17) is 9.47 Å². The molecule has 0 saturated carbocycles. The fraction of sp³-hybridized carbons (Fsp3) is 0.500. The molecule has 1 unspecified atom stereocenters. The Morgan fingerprint density at radius 1 is 1.27 bits per heavy atom. The Bertz CT molecular complexity index is 575. The van der Waals surface area contributed by atoms with E-state index in [1.165, 1.54) is 18.2 Å². The predicted molar refractivity (Wildman–Crippen MR) is 79.2 cm³/mol. The lowest BCUT2D eigenvalue weighted by atomic mass is 10.0. The van der Waals surface area contributed by atoms with Gasteiger partial charge in [-0.15, -0.1) is 0 Å². The highest BCUT2D eigenvalue weighted by Crippen LogP contribution is 2.20. The molecule has 1 amide bonds. The van der Waals surface area contributed by atoms with Crippen LogP contribution in [0.25, 0.3) is 0 Å². The molecule has 118 valence electrons. The van der Waals surface area contributed by atoms with E-state index in [9.17, 15) is 9.59 Å². The Hall–Kier alpha value is -2.08. The topological polar surface area (TPSA) is 67.9 Å². The Balaban J connectivity index is 1.54. The maximum Gasteiger partial charge on any atom is 0.410 e. The molecular formula is C16H20N2O4. The van der Waals surface area contributed by atoms with Crippen LogP contribution >= 0.6 is 0 Å². The number of esters is 1. The lowest BCUT2D eigenvalue weighted by Gasteiger charge is -2.29. The van der Waals surface area contributed by atoms with Crippen molar-refractivity contribution >= 4 is 12.1 Å². The highest BCUT2D eigenvalue weighted by Gasteiger charge is 2.33. The second kappa shape index (κ2) is 6.36. The maximum atomic E-state index is 12.3. The van der Waals surface area contributed by atoms with E-state index in [-0.39, 0.29) is 24.2 Å². The number of benzene rings is 1. The summed E-state index contributed by atoms with van der Waals surface area (Å²) >= 11 is 0. The molecule has 22 heavy (non-hydrogen) atoms. The van der Waals surface area contributed by atoms with E-state index in [1.54, 1.807) is 4.90 Å². The summed E-state index contributed by atoms with van der Waals surface area (Å²) in [5.41, 5.74) is 2.46. The Labute approximate surface area is 129 Å². The number of fused-ring (bicyclic) bond motifs is 1. The second-order valence-corrected chi connectivity index (χ2v) is 5.67. The van der Waals surface area contributed by atoms with Gasteiger partial charge in [0.1, 0.15) is 12.1 Å². The lowest BCUT2D eigenvalue weighted by molar-refractivity contribution is -0.142. The summed E-state index contributed by atoms with van der Waals surface area (Å²) in [5, 5.41) is 3.01. The van der Waals surface area contributed by atoms with Crippen molar-refractivity contribution in [1.29, 1.82) is 0 Å². The highest BCUT2D eigenvalue weighted by atomic mass is 16.6. The molecule has 6 heteroatoms. The largest absolute Gasteiger partial charge is 0.468 e. The summed E-state index contributed by atoms with van der Waals surface area (Å²) in [5.74, 6) is -0.314. The molecule has 2 aliphatic rings. The van der Waals surface area contributed by atoms with Crippen LogP contribution in [0.4, 0.5) is 4.79 Å². The molecule has 0 radical (unpaired) electrons. The van der Waals surface area contributed by atoms with Crippen LogP contribution in [0.5, 0.6) is 0 Å². The predicted octanol–water partition coefficient (Wildman–Crippen LogP) is 1.08. The van der Waals surface area contributed by atoms with Crippen molar-refractivity contribution in [1.82, 2.24) is 10.2 Å². The molecule has 6 nitrogen and oxygen atoms in total. The number of nitrogens with zero attached hydrogens (tertiary/aromatic N) is 1. The zero-order valence-corrected chi connectivity index (χ0v) is 12.6. The lowest BCUT2D eigenvalue weighted by Crippen LogP contribution is -2.38. The first kappa shape index (κ1) is 14.8. The van der Waals surface area contributed by atoms with Gasteiger partial charge in [0.05, 0.1) is 7.11 Å². The fourth-order valence-corrected chi connectivity index (χ4v) is 2.98. The molecule has 0 spiro atoms. The summed E-state index contributed by atoms with van der Waals surface area (Å²) < 4.78 is 10.2. The molecule has 2 aliphatic heterocycles. The first-order chi connectivity index (χ1) is 10.7. The SMILES string of the molecule is COC(=O)[C@@H]1CC(OC(=O)N2CCc3ccccc3C2)CN1. The van der Waals surface area contributed by atoms with Crippen LogP contribution in [0.2, 0.25) is 0 Å². The molecule has 0 bridgehead atoms. The standard InChI is InChI=1S/C16H20N2O4/c1-21-15(19)14-8-13(9-17-14)22-16(20)18-7-6-11-4-2-3-5-12(11)10-18/h2-5,13-14,17H,6-10H2,1H3/t13?,14-/m0/s1. The van der Waals surface area contributed by atoms with E-state index >= 15 is 0 Å². The Morgan fingerprint density at radius 2 is 2.05 bits per heavy atom. The summed E-state index contributed by atoms with van der Waals surface area (Å²) in [6, 6.07) is 7.75. The average Bonchev–Trinajstić information content (AvgIpc) is 3.02. The first-order valence-corrected chi connectivity index (χ1v) is 7.51. The number of ether oxygens (including phenoxy) is 2. The summed E-state index contributed by atoms with van der Waals surface area (Å²) in [6.45, 7) is 1.72. The van der Waals surface area contributed by atoms with Gasteiger partial charge < -0.3 is 19.7 Å². The van der Waals surface area contributed by atoms with Gasteiger partial charge in [0.15, 0.2) is 0 Å². The molecular weight excluding hydrogens is 284 g/mol. The van der Waals surface area contributed by atoms with Gasteiger partial charge in [-0.05, 0) is 17.5 Å². The number of carbonyl (C=O) groups is 2. The molecule has 1 N–H and O–H groups in total. The molecule has 1 fully saturated rings. The molecule has 0 aliphatic carbocycles. The van der Waals surface area contributed by atoms with Crippen LogP contribution in [-0.2, 0) is 27.2 Å². The van der Waals surface area contributed by atoms with Gasteiger partial charge in [-0.1, -0.05) is 24.3 Å². The van der Waals surface area contributed by atoms with E-state index in [0.717, 1.165) is 6.42 Å². The average molecular weight is 304 g/mol. The quantitative estimate of drug-likeness (QED) is 0.828. The van der Waals surface area contributed by atoms with Crippen molar-refractivity contribution in [3.05, 3.63) is 35.4 Å². The molecule has 0 aromatic heterocycles. The van der Waals surface area contributed by atoms with Gasteiger partial charge in [-0.2, -0.15) is 0 Å². The second-order valence-electron chi connectivity index (χ2n) is 5.67. The Kier molecular flexibility index (Phi) is 4.29. The number of nitrogens with one attached hydrogen (secondary N) is 1. The zero-order valence-electron chi connectivity index (χ0n) is 12.6. The molecule has 3 rings (SSSR count). The molecule has 1 saturated heterocycles. The van der Waals surface area contributed by atoms with Crippen LogP contribution in [0.3, 0.4) is 0 Å². The number of amides is 1. The van der Waals surface area contributed by atoms with Crippen molar-refractivity contribution in [2.45, 2.75) is 31.5 Å². The normalized spacial score (nSPS) is 23.8. The fourth-order valence-electron chi connectivity index (χ4n) is 2.98. The van der Waals surface area contributed by atoms with Crippen LogP contribution < -0.4 is 5.32 Å². The monoisotopic (exact) mass is 304 g/mol. The molecule has 1 aromatic carbocycles. The van der Waals surface area contributed by atoms with Crippen molar-refractivity contribution in [2.75, 3.05) is 20.2 Å². The molecule has 2 atom stereocenters. The van der Waals surface area contributed by atoms with Crippen LogP contribution in [0.15, 0.2) is 24.3 Å². The molecule has 2 heterocycles. The van der Waals surface area contributed by atoms with E-state index in [2.05, 4.69) is 11.4 Å². The third-order valence-electron chi connectivity index (χ3n) is 4.23. The minimum absolute atomic E-state index is 0.284. The number of carbonyl (C=O) groups excluding carboxylic acids is 2. The van der Waals surface area contributed by atoms with Gasteiger partial charge in [-0.25, -0.2) is 4.79 Å². The number of hydrogen-bond acceptors (Lipinski definition) is 5. The van der Waals surface area contributed by atoms with Crippen molar-refractivity contribution in [3.8, 4) is 0 Å². The van der Waals surface area contributed by atoms with E-state index in [0.29, 0.717) is 26.1 Å². The van der Waals surface area contributed by atoms with Crippen molar-refractivity contribution < 1.29 is 19.1 Å². The van der Waals surface area contributed by atoms with Crippen LogP contribution in [0, 0.1) is 0 Å². The maximum absolute atomic E-state index is 12.3. The summed E-state index contributed by atoms with van der Waals surface area (Å²) in [7, 11) is 1.36. The van der Waals surface area contributed by atoms with Gasteiger partial charge in [-0.3, -0.25) is 4.79 Å². The van der Waals surface area contributed by atoms with Crippen LogP contribution in [-0.4, -0.2) is 49.3 Å². The summed E-state index contributed by atoms with van der Waals surface area (Å²) in [4.78, 5) is 25.4.